The van der Waals surface area contributed by atoms with E-state index < -0.39 is 6.10 Å². The van der Waals surface area contributed by atoms with Crippen LogP contribution in [0.25, 0.3) is 0 Å². The lowest BCUT2D eigenvalue weighted by molar-refractivity contribution is 0.174. The minimum atomic E-state index is -0.471. The molecule has 2 aromatic rings. The summed E-state index contributed by atoms with van der Waals surface area (Å²) in [5, 5.41) is 10.1. The van der Waals surface area contributed by atoms with Crippen molar-refractivity contribution in [3.63, 3.8) is 0 Å². The van der Waals surface area contributed by atoms with Crippen LogP contribution in [0.2, 0.25) is 0 Å². The normalized spacial score (nSPS) is 12.2. The van der Waals surface area contributed by atoms with Crippen LogP contribution >= 0.6 is 0 Å². The summed E-state index contributed by atoms with van der Waals surface area (Å²) in [6.07, 6.45) is 0.200. The minimum Gasteiger partial charge on any atom is -0.388 e. The maximum Gasteiger partial charge on any atom is 0.123 e. The Balaban J connectivity index is 2.23. The first-order valence-electron chi connectivity index (χ1n) is 6.84. The lowest BCUT2D eigenvalue weighted by Gasteiger charge is -2.24. The van der Waals surface area contributed by atoms with Crippen molar-refractivity contribution in [1.82, 2.24) is 0 Å². The minimum absolute atomic E-state index is 0.224. The second-order valence-corrected chi connectivity index (χ2v) is 4.97. The topological polar surface area (TPSA) is 23.5 Å². The van der Waals surface area contributed by atoms with Gasteiger partial charge in [-0.15, -0.1) is 0 Å². The van der Waals surface area contributed by atoms with Gasteiger partial charge in [-0.1, -0.05) is 37.3 Å². The summed E-state index contributed by atoms with van der Waals surface area (Å²) in [7, 11) is 1.95. The molecule has 0 spiro atoms. The predicted octanol–water partition coefficient (Wildman–Crippen LogP) is 3.91. The number of rotatable bonds is 5. The second-order valence-electron chi connectivity index (χ2n) is 4.97. The summed E-state index contributed by atoms with van der Waals surface area (Å²) in [5.41, 5.74) is 2.80. The van der Waals surface area contributed by atoms with Crippen molar-refractivity contribution in [2.24, 2.45) is 0 Å². The molecule has 0 aliphatic rings. The van der Waals surface area contributed by atoms with Crippen molar-refractivity contribution in [2.75, 3.05) is 11.9 Å². The molecule has 0 radical (unpaired) electrons. The van der Waals surface area contributed by atoms with Crippen LogP contribution in [0.5, 0.6) is 0 Å². The number of benzene rings is 2. The van der Waals surface area contributed by atoms with E-state index in [9.17, 15) is 9.50 Å². The molecule has 0 saturated heterocycles. The number of hydrogen-bond donors (Lipinski definition) is 1. The first-order chi connectivity index (χ1) is 9.61. The molecule has 0 bridgehead atoms. The Morgan fingerprint density at radius 3 is 2.60 bits per heavy atom. The van der Waals surface area contributed by atoms with Gasteiger partial charge in [-0.2, -0.15) is 0 Å². The molecule has 0 saturated carbocycles. The molecule has 0 aromatic heterocycles. The van der Waals surface area contributed by atoms with Crippen molar-refractivity contribution in [3.8, 4) is 0 Å². The number of aliphatic hydroxyl groups is 1. The lowest BCUT2D eigenvalue weighted by atomic mass is 10.0. The van der Waals surface area contributed by atoms with Crippen LogP contribution < -0.4 is 4.90 Å². The van der Waals surface area contributed by atoms with E-state index in [2.05, 4.69) is 0 Å². The molecule has 1 N–H and O–H groups in total. The number of para-hydroxylation sites is 1. The molecule has 106 valence electrons. The van der Waals surface area contributed by atoms with Crippen molar-refractivity contribution in [3.05, 3.63) is 65.5 Å². The van der Waals surface area contributed by atoms with Gasteiger partial charge in [0.2, 0.25) is 0 Å². The number of hydrogen-bond acceptors (Lipinski definition) is 2. The maximum absolute atomic E-state index is 13.2. The highest BCUT2D eigenvalue weighted by atomic mass is 19.1. The summed E-state index contributed by atoms with van der Waals surface area (Å²) < 4.78 is 13.2. The Hall–Kier alpha value is -1.87. The summed E-state index contributed by atoms with van der Waals surface area (Å²) in [4.78, 5) is 2.03. The second kappa shape index (κ2) is 6.53. The molecule has 1 atom stereocenters. The molecule has 20 heavy (non-hydrogen) atoms. The molecular formula is C17H20FNO. The van der Waals surface area contributed by atoms with E-state index in [1.165, 1.54) is 12.1 Å². The average Bonchev–Trinajstić information content (AvgIpc) is 2.46. The molecule has 2 rings (SSSR count). The van der Waals surface area contributed by atoms with Gasteiger partial charge in [0.15, 0.2) is 0 Å². The molecule has 0 aliphatic carbocycles. The summed E-state index contributed by atoms with van der Waals surface area (Å²) in [6, 6.07) is 14.4. The SMILES string of the molecule is CC[C@@H](O)c1ccccc1N(C)Cc1cccc(F)c1. The Morgan fingerprint density at radius 2 is 1.90 bits per heavy atom. The van der Waals surface area contributed by atoms with Crippen molar-refractivity contribution in [1.29, 1.82) is 0 Å². The highest BCUT2D eigenvalue weighted by Gasteiger charge is 2.13. The van der Waals surface area contributed by atoms with E-state index in [0.717, 1.165) is 16.8 Å². The fourth-order valence-electron chi connectivity index (χ4n) is 2.33. The largest absolute Gasteiger partial charge is 0.388 e. The number of anilines is 1. The molecular weight excluding hydrogens is 253 g/mol. The average molecular weight is 273 g/mol. The Bertz CT molecular complexity index is 570. The Labute approximate surface area is 119 Å². The highest BCUT2D eigenvalue weighted by molar-refractivity contribution is 5.54. The van der Waals surface area contributed by atoms with Crippen molar-refractivity contribution < 1.29 is 9.50 Å². The van der Waals surface area contributed by atoms with Crippen molar-refractivity contribution >= 4 is 5.69 Å². The van der Waals surface area contributed by atoms with E-state index in [4.69, 9.17) is 0 Å². The van der Waals surface area contributed by atoms with Gasteiger partial charge in [-0.05, 0) is 30.2 Å². The Kier molecular flexibility index (Phi) is 4.74. The zero-order valence-electron chi connectivity index (χ0n) is 11.9. The van der Waals surface area contributed by atoms with Crippen LogP contribution in [0.1, 0.15) is 30.6 Å². The van der Waals surface area contributed by atoms with Crippen LogP contribution in [0.4, 0.5) is 10.1 Å². The molecule has 0 amide bonds. The monoisotopic (exact) mass is 273 g/mol. The lowest BCUT2D eigenvalue weighted by Crippen LogP contribution is -2.19. The molecule has 2 nitrogen and oxygen atoms in total. The van der Waals surface area contributed by atoms with E-state index in [1.54, 1.807) is 6.07 Å². The molecule has 0 aliphatic heterocycles. The van der Waals surface area contributed by atoms with E-state index in [-0.39, 0.29) is 5.82 Å². The zero-order chi connectivity index (χ0) is 14.5. The summed E-state index contributed by atoms with van der Waals surface area (Å²) in [5.74, 6) is -0.224. The predicted molar refractivity (Wildman–Crippen MR) is 80.2 cm³/mol. The van der Waals surface area contributed by atoms with Gasteiger partial charge in [0, 0.05) is 24.8 Å². The van der Waals surface area contributed by atoms with Crippen LogP contribution in [-0.4, -0.2) is 12.2 Å². The van der Waals surface area contributed by atoms with Crippen LogP contribution in [0.15, 0.2) is 48.5 Å². The van der Waals surface area contributed by atoms with Gasteiger partial charge >= 0.3 is 0 Å². The zero-order valence-corrected chi connectivity index (χ0v) is 11.9. The highest BCUT2D eigenvalue weighted by Crippen LogP contribution is 2.28. The fourth-order valence-corrected chi connectivity index (χ4v) is 2.33. The number of halogens is 1. The Morgan fingerprint density at radius 1 is 1.15 bits per heavy atom. The van der Waals surface area contributed by atoms with Gasteiger partial charge in [0.25, 0.3) is 0 Å². The third-order valence-electron chi connectivity index (χ3n) is 3.40. The quantitative estimate of drug-likeness (QED) is 0.893. The van der Waals surface area contributed by atoms with Gasteiger partial charge in [-0.3, -0.25) is 0 Å². The maximum atomic E-state index is 13.2. The fraction of sp³-hybridized carbons (Fsp3) is 0.294. The first kappa shape index (κ1) is 14.5. The van der Waals surface area contributed by atoms with Crippen LogP contribution in [0, 0.1) is 5.82 Å². The van der Waals surface area contributed by atoms with Gasteiger partial charge in [-0.25, -0.2) is 4.39 Å². The van der Waals surface area contributed by atoms with Gasteiger partial charge in [0.1, 0.15) is 5.82 Å². The van der Waals surface area contributed by atoms with Crippen molar-refractivity contribution in [2.45, 2.75) is 26.0 Å². The van der Waals surface area contributed by atoms with E-state index in [1.807, 2.05) is 49.2 Å². The molecule has 0 heterocycles. The molecule has 3 heteroatoms. The third-order valence-corrected chi connectivity index (χ3v) is 3.40. The van der Waals surface area contributed by atoms with E-state index in [0.29, 0.717) is 13.0 Å². The third kappa shape index (κ3) is 3.36. The summed E-state index contributed by atoms with van der Waals surface area (Å²) in [6.45, 7) is 2.55. The number of aliphatic hydroxyl groups excluding tert-OH is 1. The molecule has 0 unspecified atom stereocenters. The summed E-state index contributed by atoms with van der Waals surface area (Å²) >= 11 is 0. The van der Waals surface area contributed by atoms with Gasteiger partial charge in [0.05, 0.1) is 6.10 Å². The van der Waals surface area contributed by atoms with E-state index >= 15 is 0 Å². The van der Waals surface area contributed by atoms with Crippen LogP contribution in [-0.2, 0) is 6.54 Å². The number of nitrogens with zero attached hydrogens (tertiary/aromatic N) is 1. The van der Waals surface area contributed by atoms with Crippen LogP contribution in [0.3, 0.4) is 0 Å². The smallest absolute Gasteiger partial charge is 0.123 e. The first-order valence-corrected chi connectivity index (χ1v) is 6.84. The van der Waals surface area contributed by atoms with Gasteiger partial charge < -0.3 is 10.0 Å². The molecule has 0 fully saturated rings. The standard InChI is InChI=1S/C17H20FNO/c1-3-17(20)15-9-4-5-10-16(15)19(2)12-13-7-6-8-14(18)11-13/h4-11,17,20H,3,12H2,1-2H3/t17-/m1/s1. The molecule has 2 aromatic carbocycles.